The Morgan fingerprint density at radius 2 is 2.04 bits per heavy atom. The molecule has 1 heterocycles. The Kier molecular flexibility index (Phi) is 6.79. The van der Waals surface area contributed by atoms with Crippen LogP contribution in [-0.2, 0) is 17.9 Å². The van der Waals surface area contributed by atoms with Crippen LogP contribution in [0.1, 0.15) is 33.7 Å². The SMILES string of the molecule is Cc1cc(C)n(CCCNC(=O)c2cccc(COCC(F)(F)F)c2)n1. The van der Waals surface area contributed by atoms with Crippen molar-refractivity contribution in [2.24, 2.45) is 0 Å². The molecule has 26 heavy (non-hydrogen) atoms. The molecule has 1 amide bonds. The number of nitrogens with one attached hydrogen (secondary N) is 1. The maximum atomic E-state index is 12.2. The average molecular weight is 369 g/mol. The zero-order valence-electron chi connectivity index (χ0n) is 14.8. The average Bonchev–Trinajstić information content (AvgIpc) is 2.88. The molecule has 0 bridgehead atoms. The summed E-state index contributed by atoms with van der Waals surface area (Å²) in [6.07, 6.45) is -3.64. The summed E-state index contributed by atoms with van der Waals surface area (Å²) in [6, 6.07) is 8.38. The van der Waals surface area contributed by atoms with Crippen LogP contribution in [0.15, 0.2) is 30.3 Å². The Morgan fingerprint density at radius 3 is 2.69 bits per heavy atom. The van der Waals surface area contributed by atoms with Crippen molar-refractivity contribution >= 4 is 5.91 Å². The molecule has 0 aliphatic carbocycles. The zero-order valence-corrected chi connectivity index (χ0v) is 14.8. The van der Waals surface area contributed by atoms with E-state index >= 15 is 0 Å². The third-order valence-electron chi connectivity index (χ3n) is 3.66. The van der Waals surface area contributed by atoms with E-state index in [0.29, 0.717) is 24.2 Å². The lowest BCUT2D eigenvalue weighted by molar-refractivity contribution is -0.176. The first kappa shape index (κ1) is 20.0. The molecule has 0 unspecified atom stereocenters. The molecular weight excluding hydrogens is 347 g/mol. The van der Waals surface area contributed by atoms with E-state index in [1.165, 1.54) is 6.07 Å². The number of hydrogen-bond acceptors (Lipinski definition) is 3. The molecule has 142 valence electrons. The Morgan fingerprint density at radius 1 is 1.27 bits per heavy atom. The predicted octanol–water partition coefficient (Wildman–Crippen LogP) is 3.40. The number of aryl methyl sites for hydroxylation is 3. The van der Waals surface area contributed by atoms with Crippen molar-refractivity contribution in [3.8, 4) is 0 Å². The van der Waals surface area contributed by atoms with Crippen LogP contribution in [0.4, 0.5) is 13.2 Å². The number of rotatable bonds is 8. The minimum absolute atomic E-state index is 0.196. The lowest BCUT2D eigenvalue weighted by atomic mass is 10.1. The third-order valence-corrected chi connectivity index (χ3v) is 3.66. The van der Waals surface area contributed by atoms with E-state index in [2.05, 4.69) is 15.2 Å². The minimum Gasteiger partial charge on any atom is -0.367 e. The van der Waals surface area contributed by atoms with Gasteiger partial charge in [0.15, 0.2) is 0 Å². The van der Waals surface area contributed by atoms with Gasteiger partial charge in [-0.2, -0.15) is 18.3 Å². The van der Waals surface area contributed by atoms with Gasteiger partial charge in [-0.1, -0.05) is 12.1 Å². The first-order chi connectivity index (χ1) is 12.2. The summed E-state index contributed by atoms with van der Waals surface area (Å²) in [5.41, 5.74) is 2.94. The van der Waals surface area contributed by atoms with E-state index in [0.717, 1.165) is 17.8 Å². The lowest BCUT2D eigenvalue weighted by Crippen LogP contribution is -2.25. The summed E-state index contributed by atoms with van der Waals surface area (Å²) in [6.45, 7) is 3.58. The van der Waals surface area contributed by atoms with Crippen LogP contribution in [-0.4, -0.2) is 35.0 Å². The fraction of sp³-hybridized carbons (Fsp3) is 0.444. The molecule has 2 aromatic rings. The van der Waals surface area contributed by atoms with Crippen LogP contribution < -0.4 is 5.32 Å². The van der Waals surface area contributed by atoms with Crippen molar-refractivity contribution in [3.05, 3.63) is 52.8 Å². The largest absolute Gasteiger partial charge is 0.411 e. The molecule has 0 atom stereocenters. The van der Waals surface area contributed by atoms with Crippen molar-refractivity contribution in [1.29, 1.82) is 0 Å². The van der Waals surface area contributed by atoms with E-state index in [-0.39, 0.29) is 12.5 Å². The quantitative estimate of drug-likeness (QED) is 0.726. The number of carbonyl (C=O) groups excluding carboxylic acids is 1. The van der Waals surface area contributed by atoms with Crippen molar-refractivity contribution in [2.45, 2.75) is 39.6 Å². The molecule has 0 spiro atoms. The Balaban J connectivity index is 1.78. The molecular formula is C18H22F3N3O2. The maximum absolute atomic E-state index is 12.2. The third kappa shape index (κ3) is 6.51. The molecule has 2 rings (SSSR count). The first-order valence-corrected chi connectivity index (χ1v) is 8.27. The number of nitrogens with zero attached hydrogens (tertiary/aromatic N) is 2. The molecule has 0 saturated carbocycles. The van der Waals surface area contributed by atoms with Crippen LogP contribution in [0.25, 0.3) is 0 Å². The van der Waals surface area contributed by atoms with Crippen LogP contribution in [0.5, 0.6) is 0 Å². The van der Waals surface area contributed by atoms with E-state index in [1.807, 2.05) is 24.6 Å². The van der Waals surface area contributed by atoms with Crippen LogP contribution in [0.3, 0.4) is 0 Å². The van der Waals surface area contributed by atoms with Crippen molar-refractivity contribution in [3.63, 3.8) is 0 Å². The maximum Gasteiger partial charge on any atom is 0.411 e. The van der Waals surface area contributed by atoms with Gasteiger partial charge in [0, 0.05) is 24.3 Å². The summed E-state index contributed by atoms with van der Waals surface area (Å²) in [4.78, 5) is 12.2. The van der Waals surface area contributed by atoms with Crippen molar-refractivity contribution < 1.29 is 22.7 Å². The highest BCUT2D eigenvalue weighted by Gasteiger charge is 2.27. The Bertz CT molecular complexity index is 742. The number of amides is 1. The van der Waals surface area contributed by atoms with Gasteiger partial charge in [0.25, 0.3) is 5.91 Å². The van der Waals surface area contributed by atoms with Crippen molar-refractivity contribution in [1.82, 2.24) is 15.1 Å². The highest BCUT2D eigenvalue weighted by molar-refractivity contribution is 5.94. The monoisotopic (exact) mass is 369 g/mol. The predicted molar refractivity (Wildman–Crippen MR) is 90.8 cm³/mol. The number of carbonyl (C=O) groups is 1. The van der Waals surface area contributed by atoms with E-state index in [4.69, 9.17) is 0 Å². The highest BCUT2D eigenvalue weighted by Crippen LogP contribution is 2.16. The summed E-state index contributed by atoms with van der Waals surface area (Å²) >= 11 is 0. The molecule has 0 aliphatic heterocycles. The molecule has 0 aliphatic rings. The van der Waals surface area contributed by atoms with Crippen LogP contribution in [0.2, 0.25) is 0 Å². The van der Waals surface area contributed by atoms with Gasteiger partial charge in [-0.05, 0) is 44.0 Å². The Hall–Kier alpha value is -2.35. The molecule has 1 N–H and O–H groups in total. The lowest BCUT2D eigenvalue weighted by Gasteiger charge is -2.09. The smallest absolute Gasteiger partial charge is 0.367 e. The van der Waals surface area contributed by atoms with Gasteiger partial charge in [-0.15, -0.1) is 0 Å². The van der Waals surface area contributed by atoms with Gasteiger partial charge in [0.05, 0.1) is 12.3 Å². The van der Waals surface area contributed by atoms with E-state index in [1.54, 1.807) is 18.2 Å². The van der Waals surface area contributed by atoms with Crippen LogP contribution in [0, 0.1) is 13.8 Å². The summed E-state index contributed by atoms with van der Waals surface area (Å²) in [5, 5.41) is 7.15. The summed E-state index contributed by atoms with van der Waals surface area (Å²) in [7, 11) is 0. The standard InChI is InChI=1S/C18H22F3N3O2/c1-13-9-14(2)24(23-13)8-4-7-22-17(25)16-6-3-5-15(10-16)11-26-12-18(19,20)21/h3,5-6,9-10H,4,7-8,11-12H2,1-2H3,(H,22,25). The van der Waals surface area contributed by atoms with Gasteiger partial charge < -0.3 is 10.1 Å². The molecule has 0 fully saturated rings. The molecule has 5 nitrogen and oxygen atoms in total. The van der Waals surface area contributed by atoms with Gasteiger partial charge in [-0.25, -0.2) is 0 Å². The zero-order chi connectivity index (χ0) is 19.2. The molecule has 0 saturated heterocycles. The van der Waals surface area contributed by atoms with Gasteiger partial charge in [0.1, 0.15) is 6.61 Å². The molecule has 8 heteroatoms. The molecule has 1 aromatic heterocycles. The minimum atomic E-state index is -4.36. The van der Waals surface area contributed by atoms with Gasteiger partial charge in [-0.3, -0.25) is 9.48 Å². The first-order valence-electron chi connectivity index (χ1n) is 8.27. The second kappa shape index (κ2) is 8.84. The number of halogens is 3. The van der Waals surface area contributed by atoms with Crippen LogP contribution >= 0.6 is 0 Å². The number of benzene rings is 1. The van der Waals surface area contributed by atoms with Gasteiger partial charge >= 0.3 is 6.18 Å². The van der Waals surface area contributed by atoms with E-state index < -0.39 is 12.8 Å². The number of ether oxygens (including phenoxy) is 1. The second-order valence-corrected chi connectivity index (χ2v) is 6.07. The van der Waals surface area contributed by atoms with Gasteiger partial charge in [0.2, 0.25) is 0 Å². The number of aromatic nitrogens is 2. The summed E-state index contributed by atoms with van der Waals surface area (Å²) in [5.74, 6) is -0.268. The Labute approximate surface area is 150 Å². The number of alkyl halides is 3. The molecule has 0 radical (unpaired) electrons. The fourth-order valence-corrected chi connectivity index (χ4v) is 2.52. The topological polar surface area (TPSA) is 56.2 Å². The molecule has 1 aromatic carbocycles. The van der Waals surface area contributed by atoms with Crippen molar-refractivity contribution in [2.75, 3.05) is 13.2 Å². The number of hydrogen-bond donors (Lipinski definition) is 1. The fourth-order valence-electron chi connectivity index (χ4n) is 2.52. The highest BCUT2D eigenvalue weighted by atomic mass is 19.4. The normalized spacial score (nSPS) is 11.6. The summed E-state index contributed by atoms with van der Waals surface area (Å²) < 4.78 is 42.8. The van der Waals surface area contributed by atoms with E-state index in [9.17, 15) is 18.0 Å². The second-order valence-electron chi connectivity index (χ2n) is 6.07.